The third kappa shape index (κ3) is 6.47. The van der Waals surface area contributed by atoms with Crippen molar-refractivity contribution < 1.29 is 9.53 Å². The Morgan fingerprint density at radius 1 is 1.18 bits per heavy atom. The Hall–Kier alpha value is -0.260. The van der Waals surface area contributed by atoms with Gasteiger partial charge in [0.05, 0.1) is 6.61 Å². The fourth-order valence-corrected chi connectivity index (χ4v) is 1.87. The summed E-state index contributed by atoms with van der Waals surface area (Å²) < 4.78 is 1.88. The predicted octanol–water partition coefficient (Wildman–Crippen LogP) is 4.50. The lowest BCUT2D eigenvalue weighted by Gasteiger charge is -2.29. The topological polar surface area (TPSA) is 50.4 Å². The minimum absolute atomic E-state index is 0.559. The number of hydrogen-bond donors (Lipinski definition) is 2. The molecule has 1 rings (SSSR count). The molecule has 0 aliphatic heterocycles. The van der Waals surface area contributed by atoms with Gasteiger partial charge >= 0.3 is 0 Å². The molecule has 0 fully saturated rings. The van der Waals surface area contributed by atoms with Crippen molar-refractivity contribution in [2.24, 2.45) is 0 Å². The number of ether oxygens (including phenoxy) is 1. The van der Waals surface area contributed by atoms with Gasteiger partial charge in [0.15, 0.2) is 4.33 Å². The number of halogens is 5. The normalized spacial score (nSPS) is 13.4. The second-order valence-corrected chi connectivity index (χ2v) is 8.51. The Kier molecular flexibility index (Phi) is 7.21. The largest absolute Gasteiger partial charge is 0.494 e. The van der Waals surface area contributed by atoms with Crippen LogP contribution in [0.2, 0.25) is 0 Å². The smallest absolute Gasteiger partial charge is 0.257 e. The molecule has 1 aromatic rings. The van der Waals surface area contributed by atoms with Crippen LogP contribution < -0.4 is 15.4 Å². The average molecular weight is 409 g/mol. The van der Waals surface area contributed by atoms with Crippen LogP contribution in [0.15, 0.2) is 24.3 Å². The fraction of sp³-hybridized carbons (Fsp3) is 0.462. The van der Waals surface area contributed by atoms with Crippen LogP contribution in [0.5, 0.6) is 5.75 Å². The molecular formula is C13H15Cl5N2O2. The first-order chi connectivity index (χ1) is 10.0. The van der Waals surface area contributed by atoms with Crippen molar-refractivity contribution in [1.82, 2.24) is 5.32 Å². The molecule has 0 saturated carbocycles. The van der Waals surface area contributed by atoms with Crippen LogP contribution in [0.25, 0.3) is 0 Å². The zero-order valence-electron chi connectivity index (χ0n) is 11.8. The van der Waals surface area contributed by atoms with Gasteiger partial charge in [0, 0.05) is 5.69 Å². The summed E-state index contributed by atoms with van der Waals surface area (Å²) in [6.07, 6.45) is -1.03. The molecule has 1 atom stereocenters. The molecule has 0 aliphatic rings. The number of nitrogens with one attached hydrogen (secondary N) is 2. The van der Waals surface area contributed by atoms with Gasteiger partial charge in [-0.25, -0.2) is 0 Å². The van der Waals surface area contributed by atoms with E-state index >= 15 is 0 Å². The summed E-state index contributed by atoms with van der Waals surface area (Å²) in [6, 6.07) is 6.94. The highest BCUT2D eigenvalue weighted by Gasteiger charge is 2.38. The summed E-state index contributed by atoms with van der Waals surface area (Å²) in [7, 11) is 0. The molecule has 0 unspecified atom stereocenters. The fourth-order valence-electron chi connectivity index (χ4n) is 1.44. The molecule has 0 aliphatic carbocycles. The van der Waals surface area contributed by atoms with Gasteiger partial charge in [-0.05, 0) is 38.1 Å². The molecule has 2 N–H and O–H groups in total. The molecule has 0 spiro atoms. The van der Waals surface area contributed by atoms with Crippen molar-refractivity contribution in [1.29, 1.82) is 0 Å². The molecule has 0 heterocycles. The minimum Gasteiger partial charge on any atom is -0.494 e. The van der Waals surface area contributed by atoms with Crippen LogP contribution >= 0.6 is 58.0 Å². The summed E-state index contributed by atoms with van der Waals surface area (Å²) in [5.74, 6) is 0.0159. The Morgan fingerprint density at radius 3 is 2.14 bits per heavy atom. The number of anilines is 1. The second-order valence-electron chi connectivity index (χ2n) is 4.44. The molecular weight excluding hydrogens is 393 g/mol. The van der Waals surface area contributed by atoms with E-state index in [1.165, 1.54) is 6.92 Å². The minimum atomic E-state index is -1.81. The first-order valence-corrected chi connectivity index (χ1v) is 8.18. The van der Waals surface area contributed by atoms with Crippen LogP contribution in [0, 0.1) is 0 Å². The maximum absolute atomic E-state index is 11.8. The van der Waals surface area contributed by atoms with Crippen molar-refractivity contribution in [3.05, 3.63) is 24.3 Å². The summed E-state index contributed by atoms with van der Waals surface area (Å²) in [5, 5.41) is 5.33. The van der Waals surface area contributed by atoms with E-state index < -0.39 is 20.2 Å². The second kappa shape index (κ2) is 8.02. The monoisotopic (exact) mass is 406 g/mol. The SMILES string of the molecule is CCOc1ccc(N[C@@H](NC(=O)C(C)(Cl)Cl)C(Cl)(Cl)Cl)cc1. The van der Waals surface area contributed by atoms with Crippen molar-refractivity contribution in [3.8, 4) is 5.75 Å². The molecule has 1 amide bonds. The van der Waals surface area contributed by atoms with E-state index in [9.17, 15) is 4.79 Å². The number of benzene rings is 1. The van der Waals surface area contributed by atoms with E-state index in [0.29, 0.717) is 18.0 Å². The molecule has 0 saturated heterocycles. The Labute approximate surface area is 154 Å². The van der Waals surface area contributed by atoms with Gasteiger partial charge in [0.2, 0.25) is 3.79 Å². The number of amides is 1. The molecule has 22 heavy (non-hydrogen) atoms. The van der Waals surface area contributed by atoms with E-state index in [2.05, 4.69) is 10.6 Å². The maximum atomic E-state index is 11.8. The Balaban J connectivity index is 2.84. The van der Waals surface area contributed by atoms with E-state index in [-0.39, 0.29) is 0 Å². The first kappa shape index (κ1) is 19.8. The number of carbonyl (C=O) groups is 1. The standard InChI is InChI=1S/C13H15Cl5N2O2/c1-3-22-9-6-4-8(5-7-9)19-10(13(16,17)18)20-11(21)12(2,14)15/h4-7,10,19H,3H2,1-2H3,(H,20,21)/t10-/m0/s1. The zero-order valence-corrected chi connectivity index (χ0v) is 15.6. The lowest BCUT2D eigenvalue weighted by Crippen LogP contribution is -2.52. The Morgan fingerprint density at radius 2 is 1.73 bits per heavy atom. The van der Waals surface area contributed by atoms with E-state index in [1.807, 2.05) is 6.92 Å². The van der Waals surface area contributed by atoms with Gasteiger partial charge in [0.25, 0.3) is 5.91 Å². The quantitative estimate of drug-likeness (QED) is 0.538. The van der Waals surface area contributed by atoms with Gasteiger partial charge in [-0.1, -0.05) is 58.0 Å². The Bertz CT molecular complexity index is 497. The molecule has 4 nitrogen and oxygen atoms in total. The van der Waals surface area contributed by atoms with Crippen LogP contribution in [0.4, 0.5) is 5.69 Å². The summed E-state index contributed by atoms with van der Waals surface area (Å²) in [4.78, 5) is 11.8. The van der Waals surface area contributed by atoms with Gasteiger partial charge in [0.1, 0.15) is 11.9 Å². The van der Waals surface area contributed by atoms with Crippen molar-refractivity contribution in [2.45, 2.75) is 28.1 Å². The lowest BCUT2D eigenvalue weighted by molar-refractivity contribution is -0.121. The molecule has 9 heteroatoms. The van der Waals surface area contributed by atoms with Crippen molar-refractivity contribution >= 4 is 69.6 Å². The molecule has 1 aromatic carbocycles. The van der Waals surface area contributed by atoms with E-state index in [4.69, 9.17) is 62.7 Å². The highest BCUT2D eigenvalue weighted by Crippen LogP contribution is 2.32. The highest BCUT2D eigenvalue weighted by atomic mass is 35.6. The van der Waals surface area contributed by atoms with Crippen molar-refractivity contribution in [3.63, 3.8) is 0 Å². The number of rotatable bonds is 6. The van der Waals surface area contributed by atoms with Gasteiger partial charge in [-0.3, -0.25) is 4.79 Å². The average Bonchev–Trinajstić information content (AvgIpc) is 2.38. The number of carbonyl (C=O) groups excluding carboxylic acids is 1. The van der Waals surface area contributed by atoms with Crippen LogP contribution in [-0.4, -0.2) is 26.8 Å². The molecule has 0 bridgehead atoms. The van der Waals surface area contributed by atoms with E-state index in [1.54, 1.807) is 24.3 Å². The lowest BCUT2D eigenvalue weighted by atomic mass is 10.3. The predicted molar refractivity (Wildman–Crippen MR) is 93.6 cm³/mol. The summed E-state index contributed by atoms with van der Waals surface area (Å²) in [6.45, 7) is 3.76. The third-order valence-corrected chi connectivity index (χ3v) is 3.48. The third-order valence-electron chi connectivity index (χ3n) is 2.48. The summed E-state index contributed by atoms with van der Waals surface area (Å²) >= 11 is 29.0. The van der Waals surface area contributed by atoms with Crippen molar-refractivity contribution in [2.75, 3.05) is 11.9 Å². The van der Waals surface area contributed by atoms with E-state index in [0.717, 1.165) is 0 Å². The summed E-state index contributed by atoms with van der Waals surface area (Å²) in [5.41, 5.74) is 0.617. The van der Waals surface area contributed by atoms with Crippen LogP contribution in [0.3, 0.4) is 0 Å². The van der Waals surface area contributed by atoms with Gasteiger partial charge in [-0.2, -0.15) is 0 Å². The molecule has 0 radical (unpaired) electrons. The zero-order chi connectivity index (χ0) is 17.0. The van der Waals surface area contributed by atoms with Gasteiger partial charge in [-0.15, -0.1) is 0 Å². The van der Waals surface area contributed by atoms with Gasteiger partial charge < -0.3 is 15.4 Å². The maximum Gasteiger partial charge on any atom is 0.257 e. The number of hydrogen-bond acceptors (Lipinski definition) is 3. The highest BCUT2D eigenvalue weighted by molar-refractivity contribution is 6.68. The first-order valence-electron chi connectivity index (χ1n) is 6.29. The number of alkyl halides is 5. The molecule has 0 aromatic heterocycles. The van der Waals surface area contributed by atoms with Crippen LogP contribution in [0.1, 0.15) is 13.8 Å². The van der Waals surface area contributed by atoms with Crippen LogP contribution in [-0.2, 0) is 4.79 Å². The molecule has 124 valence electrons.